The topological polar surface area (TPSA) is 274 Å². The summed E-state index contributed by atoms with van der Waals surface area (Å²) in [5, 5.41) is 6.52. The number of benzene rings is 4. The molecule has 0 aromatic heterocycles. The van der Waals surface area contributed by atoms with Gasteiger partial charge in [-0.05, 0) is 53.2 Å². The summed E-state index contributed by atoms with van der Waals surface area (Å²) in [6.07, 6.45) is 0. The van der Waals surface area contributed by atoms with Crippen molar-refractivity contribution in [1.29, 1.82) is 0 Å². The van der Waals surface area contributed by atoms with Crippen LogP contribution in [0.4, 0.5) is 17.1 Å². The Balaban J connectivity index is 2.04. The van der Waals surface area contributed by atoms with Crippen LogP contribution >= 0.6 is 0 Å². The van der Waals surface area contributed by atoms with Gasteiger partial charge in [0, 0.05) is 10.8 Å². The van der Waals surface area contributed by atoms with Gasteiger partial charge in [0.15, 0.2) is 5.75 Å². The Morgan fingerprint density at radius 2 is 1.20 bits per heavy atom. The molecule has 0 bridgehead atoms. The van der Waals surface area contributed by atoms with Crippen LogP contribution in [0.2, 0.25) is 0 Å². The van der Waals surface area contributed by atoms with Gasteiger partial charge >= 0.3 is 10.4 Å². The van der Waals surface area contributed by atoms with E-state index in [2.05, 4.69) is 14.4 Å². The summed E-state index contributed by atoms with van der Waals surface area (Å²) >= 11 is 0. The lowest BCUT2D eigenvalue weighted by atomic mass is 10.1. The van der Waals surface area contributed by atoms with Crippen molar-refractivity contribution in [2.45, 2.75) is 14.7 Å². The molecule has 0 atom stereocenters. The molecule has 0 aliphatic heterocycles. The lowest BCUT2D eigenvalue weighted by Gasteiger charge is -2.11. The number of nitrogens with zero attached hydrogens (tertiary/aromatic N) is 3. The van der Waals surface area contributed by atoms with Crippen LogP contribution in [0.25, 0.3) is 21.5 Å². The van der Waals surface area contributed by atoms with E-state index in [4.69, 9.17) is 0 Å². The van der Waals surface area contributed by atoms with Crippen molar-refractivity contribution in [3.05, 3.63) is 54.6 Å². The monoisotopic (exact) mass is 631 g/mol. The zero-order valence-corrected chi connectivity index (χ0v) is 22.4. The van der Waals surface area contributed by atoms with Gasteiger partial charge in [0.2, 0.25) is 0 Å². The average molecular weight is 632 g/mol. The molecule has 0 saturated carbocycles. The molecule has 0 aliphatic carbocycles. The molecule has 4 N–H and O–H groups in total. The summed E-state index contributed by atoms with van der Waals surface area (Å²) in [4.78, 5) is -3.17. The van der Waals surface area contributed by atoms with Gasteiger partial charge in [0.05, 0.1) is 10.6 Å². The first-order valence-electron chi connectivity index (χ1n) is 10.1. The number of hydrogen-bond acceptors (Lipinski definition) is 11. The third-order valence-electron chi connectivity index (χ3n) is 5.21. The molecule has 0 aliphatic rings. The van der Waals surface area contributed by atoms with Gasteiger partial charge in [0.25, 0.3) is 30.4 Å². The molecule has 4 aromatic rings. The highest BCUT2D eigenvalue weighted by Crippen LogP contribution is 2.40. The summed E-state index contributed by atoms with van der Waals surface area (Å²) in [6, 6.07) is 8.47. The van der Waals surface area contributed by atoms with Crippen molar-refractivity contribution >= 4 is 79.4 Å². The Bertz CT molecular complexity index is 2200. The predicted octanol–water partition coefficient (Wildman–Crippen LogP) is 3.03. The first-order valence-corrected chi connectivity index (χ1v) is 15.8. The number of fused-ring (bicyclic) bond motifs is 2. The van der Waals surface area contributed by atoms with E-state index in [-0.39, 0.29) is 11.1 Å². The lowest BCUT2D eigenvalue weighted by Crippen LogP contribution is -2.07. The van der Waals surface area contributed by atoms with E-state index in [1.54, 1.807) is 0 Å². The Morgan fingerprint density at radius 1 is 0.600 bits per heavy atom. The highest BCUT2D eigenvalue weighted by Gasteiger charge is 2.25. The van der Waals surface area contributed by atoms with Crippen LogP contribution in [0.15, 0.2) is 79.5 Å². The lowest BCUT2D eigenvalue weighted by molar-refractivity contribution is 0.388. The molecule has 0 heterocycles. The Morgan fingerprint density at radius 3 is 1.77 bits per heavy atom. The maximum absolute atomic E-state index is 12.1. The van der Waals surface area contributed by atoms with Gasteiger partial charge < -0.3 is 4.18 Å². The van der Waals surface area contributed by atoms with E-state index in [1.165, 1.54) is 18.2 Å². The zero-order valence-electron chi connectivity index (χ0n) is 19.1. The fourth-order valence-electron chi connectivity index (χ4n) is 3.61. The van der Waals surface area contributed by atoms with Crippen molar-refractivity contribution in [2.75, 3.05) is 0 Å². The molecule has 0 unspecified atom stereocenters. The standard InChI is InChI=1S/C20H13N3O13S4/c21-12-3-1-10-2-4-16(20(15(10)7-12)36-40(33,34)35)22-23-17-9-14-11(6-19(17)39(30,31)32)5-13(37(24,25)26)8-18(14)38(27,28)29/h1-9H,(H,24,25,26)(H,27,28,29)(H,30,31,32)(H,33,34,35). The van der Waals surface area contributed by atoms with E-state index in [9.17, 15) is 57.6 Å². The van der Waals surface area contributed by atoms with Gasteiger partial charge in [0.1, 0.15) is 21.2 Å². The highest BCUT2D eigenvalue weighted by molar-refractivity contribution is 7.87. The molecular formula is C20H13N3O13S4. The van der Waals surface area contributed by atoms with Crippen molar-refractivity contribution in [1.82, 2.24) is 5.73 Å². The number of rotatable bonds is 7. The fourth-order valence-corrected chi connectivity index (χ4v) is 5.99. The highest BCUT2D eigenvalue weighted by atomic mass is 32.3. The number of hydrogen-bond donors (Lipinski definition) is 4. The maximum atomic E-state index is 12.1. The van der Waals surface area contributed by atoms with Gasteiger partial charge in [-0.3, -0.25) is 18.2 Å². The van der Waals surface area contributed by atoms with E-state index in [0.717, 1.165) is 12.1 Å². The third kappa shape index (κ3) is 6.18. The SMILES string of the molecule is [N]c1ccc2ccc(N=Nc3cc4c(S(=O)(=O)O)cc(S(=O)(=O)O)cc4cc3S(=O)(=O)O)c(OS(=O)(=O)O)c2c1. The molecule has 0 fully saturated rings. The van der Waals surface area contributed by atoms with Crippen molar-refractivity contribution in [3.8, 4) is 5.75 Å². The molecule has 4 aromatic carbocycles. The summed E-state index contributed by atoms with van der Waals surface area (Å²) in [6.45, 7) is 0. The predicted molar refractivity (Wildman–Crippen MR) is 135 cm³/mol. The molecule has 0 spiro atoms. The molecule has 4 rings (SSSR count). The summed E-state index contributed by atoms with van der Waals surface area (Å²) in [5.74, 6) is -0.662. The van der Waals surface area contributed by atoms with E-state index in [1.807, 2.05) is 0 Å². The summed E-state index contributed by atoms with van der Waals surface area (Å²) in [7, 11) is -20.6. The third-order valence-corrected chi connectivity index (χ3v) is 8.20. The second kappa shape index (κ2) is 9.71. The van der Waals surface area contributed by atoms with Gasteiger partial charge in [-0.25, -0.2) is 0 Å². The molecule has 0 amide bonds. The molecule has 40 heavy (non-hydrogen) atoms. The minimum atomic E-state index is -5.20. The first kappa shape index (κ1) is 29.2. The van der Waals surface area contributed by atoms with Gasteiger partial charge in [-0.2, -0.15) is 39.4 Å². The van der Waals surface area contributed by atoms with Crippen molar-refractivity contribution in [3.63, 3.8) is 0 Å². The van der Waals surface area contributed by atoms with E-state index >= 15 is 0 Å². The van der Waals surface area contributed by atoms with Crippen LogP contribution in [0.5, 0.6) is 5.75 Å². The van der Waals surface area contributed by atoms with Crippen LogP contribution in [0.3, 0.4) is 0 Å². The van der Waals surface area contributed by atoms with Crippen LogP contribution in [0, 0.1) is 0 Å². The summed E-state index contributed by atoms with van der Waals surface area (Å²) in [5.41, 5.74) is 8.21. The van der Waals surface area contributed by atoms with Crippen LogP contribution in [-0.4, -0.2) is 51.9 Å². The molecular weight excluding hydrogens is 618 g/mol. The van der Waals surface area contributed by atoms with Gasteiger partial charge in [-0.1, -0.05) is 12.1 Å². The Labute approximate surface area is 225 Å². The summed E-state index contributed by atoms with van der Waals surface area (Å²) < 4.78 is 137. The van der Waals surface area contributed by atoms with Crippen molar-refractivity contribution < 1.29 is 56.1 Å². The Kier molecular flexibility index (Phi) is 7.09. The zero-order chi connectivity index (χ0) is 29.8. The quantitative estimate of drug-likeness (QED) is 0.169. The van der Waals surface area contributed by atoms with Gasteiger partial charge in [-0.15, -0.1) is 10.2 Å². The fraction of sp³-hybridized carbons (Fsp3) is 0. The molecule has 20 heteroatoms. The minimum absolute atomic E-state index is 0.0889. The normalized spacial score (nSPS) is 13.3. The van der Waals surface area contributed by atoms with Crippen LogP contribution in [-0.2, 0) is 40.8 Å². The number of azo groups is 1. The Hall–Kier alpha value is -3.76. The largest absolute Gasteiger partial charge is 0.446 e. The second-order valence-corrected chi connectivity index (χ2v) is 13.1. The average Bonchev–Trinajstić information content (AvgIpc) is 2.79. The van der Waals surface area contributed by atoms with E-state index in [0.29, 0.717) is 29.7 Å². The second-order valence-electron chi connectivity index (χ2n) is 7.92. The van der Waals surface area contributed by atoms with Crippen LogP contribution < -0.4 is 9.92 Å². The first-order chi connectivity index (χ1) is 18.2. The molecule has 16 nitrogen and oxygen atoms in total. The van der Waals surface area contributed by atoms with Crippen LogP contribution in [0.1, 0.15) is 0 Å². The smallest absolute Gasteiger partial charge is 0.359 e. The van der Waals surface area contributed by atoms with E-state index < -0.39 is 83.3 Å². The molecule has 2 radical (unpaired) electrons. The molecule has 0 saturated heterocycles. The van der Waals surface area contributed by atoms with Crippen molar-refractivity contribution in [2.24, 2.45) is 10.2 Å². The minimum Gasteiger partial charge on any atom is -0.359 e. The molecule has 210 valence electrons. The maximum Gasteiger partial charge on any atom is 0.446 e.